The monoisotopic (exact) mass is 524 g/mol. The van der Waals surface area contributed by atoms with Crippen LogP contribution in [0.2, 0.25) is 0 Å². The molecule has 162 valence electrons. The van der Waals surface area contributed by atoms with Crippen molar-refractivity contribution in [3.8, 4) is 0 Å². The van der Waals surface area contributed by atoms with E-state index in [0.29, 0.717) is 25.4 Å². The van der Waals surface area contributed by atoms with Crippen molar-refractivity contribution in [2.75, 3.05) is 13.2 Å². The van der Waals surface area contributed by atoms with Gasteiger partial charge in [-0.2, -0.15) is 0 Å². The molecule has 2 atom stereocenters. The summed E-state index contributed by atoms with van der Waals surface area (Å²) in [5.41, 5.74) is 2.56. The molecule has 2 unspecified atom stereocenters. The molecule has 0 aliphatic heterocycles. The van der Waals surface area contributed by atoms with E-state index in [1.807, 2.05) is 20.8 Å². The third-order valence-electron chi connectivity index (χ3n) is 4.23. The second-order valence-corrected chi connectivity index (χ2v) is 9.93. The van der Waals surface area contributed by atoms with Gasteiger partial charge in [0.05, 0.1) is 19.2 Å². The Labute approximate surface area is 186 Å². The average molecular weight is 524 g/mol. The van der Waals surface area contributed by atoms with Crippen molar-refractivity contribution in [1.82, 2.24) is 0 Å². The zero-order valence-corrected chi connectivity index (χ0v) is 21.4. The van der Waals surface area contributed by atoms with Crippen LogP contribution >= 0.6 is 28.5 Å². The van der Waals surface area contributed by atoms with Gasteiger partial charge in [-0.25, -0.2) is 0 Å². The quantitative estimate of drug-likeness (QED) is 0.197. The van der Waals surface area contributed by atoms with Gasteiger partial charge in [0.15, 0.2) is 0 Å². The third kappa shape index (κ3) is 13.9. The summed E-state index contributed by atoms with van der Waals surface area (Å²) in [6, 6.07) is 8.56. The predicted molar refractivity (Wildman–Crippen MR) is 128 cm³/mol. The third-order valence-corrected chi connectivity index (χ3v) is 5.37. The molecule has 6 heteroatoms. The fraction of sp³-hybridized carbons (Fsp3) is 0.682. The molecule has 0 aliphatic rings. The largest absolute Gasteiger partial charge is 0.466 e. The van der Waals surface area contributed by atoms with Crippen molar-refractivity contribution in [3.05, 3.63) is 35.4 Å². The van der Waals surface area contributed by atoms with Crippen LogP contribution in [0.1, 0.15) is 77.5 Å². The van der Waals surface area contributed by atoms with Crippen LogP contribution in [0.5, 0.6) is 0 Å². The lowest BCUT2D eigenvalue weighted by Crippen LogP contribution is -2.16. The molecule has 4 nitrogen and oxygen atoms in total. The van der Waals surface area contributed by atoms with Crippen LogP contribution in [0.3, 0.4) is 0 Å². The molecule has 0 aromatic heterocycles. The van der Waals surface area contributed by atoms with E-state index in [2.05, 4.69) is 67.1 Å². The van der Waals surface area contributed by atoms with Crippen molar-refractivity contribution in [2.24, 2.45) is 11.3 Å². The zero-order chi connectivity index (χ0) is 21.6. The number of aliphatic hydroxyl groups excluding tert-OH is 1. The van der Waals surface area contributed by atoms with Crippen LogP contribution in [-0.2, 0) is 14.1 Å². The van der Waals surface area contributed by atoms with E-state index in [4.69, 9.17) is 9.26 Å². The predicted octanol–water partition coefficient (Wildman–Crippen LogP) is 6.78. The molecule has 0 fully saturated rings. The first-order valence-electron chi connectivity index (χ1n) is 9.99. The number of rotatable bonds is 11. The van der Waals surface area contributed by atoms with Crippen molar-refractivity contribution in [3.63, 3.8) is 0 Å². The van der Waals surface area contributed by atoms with E-state index >= 15 is 0 Å². The van der Waals surface area contributed by atoms with Gasteiger partial charge in [-0.05, 0) is 72.0 Å². The van der Waals surface area contributed by atoms with E-state index in [1.54, 1.807) is 0 Å². The average Bonchev–Trinajstić information content (AvgIpc) is 2.61. The fourth-order valence-electron chi connectivity index (χ4n) is 2.62. The number of aryl methyl sites for hydroxylation is 1. The minimum atomic E-state index is -0.0903. The number of esters is 1. The summed E-state index contributed by atoms with van der Waals surface area (Å²) in [7, 11) is 0. The smallest absolute Gasteiger partial charge is 0.306 e. The standard InChI is InChI=1S/C15H24IO2P.C7H14O2/c1-12-6-4-7-13(10-12)14(18-19-16)8-5-9-15(2,3)11-17;1-4-9-7(8)5-6(2)3/h4,6-7,10,14,17,19H,5,8-9,11H2,1-3H3;6H,4-5H2,1-3H3. The Balaban J connectivity index is 0.000000684. The van der Waals surface area contributed by atoms with E-state index in [-0.39, 0.29) is 24.1 Å². The summed E-state index contributed by atoms with van der Waals surface area (Å²) in [5.74, 6) is 0.316. The summed E-state index contributed by atoms with van der Waals surface area (Å²) in [6.45, 7) is 13.4. The van der Waals surface area contributed by atoms with Crippen molar-refractivity contribution >= 4 is 34.5 Å². The lowest BCUT2D eigenvalue weighted by Gasteiger charge is -2.23. The first-order valence-corrected chi connectivity index (χ1v) is 14.0. The molecular formula is C22H38IO4P. The van der Waals surface area contributed by atoms with Gasteiger partial charge in [0.2, 0.25) is 0 Å². The number of carbonyl (C=O) groups is 1. The number of hydrogen-bond donors (Lipinski definition) is 1. The highest BCUT2D eigenvalue weighted by Crippen LogP contribution is 2.36. The highest BCUT2D eigenvalue weighted by molar-refractivity contribution is 14.2. The van der Waals surface area contributed by atoms with Gasteiger partial charge in [-0.3, -0.25) is 4.79 Å². The summed E-state index contributed by atoms with van der Waals surface area (Å²) in [6.07, 6.45) is 3.84. The number of ether oxygens (including phenoxy) is 1. The number of carbonyl (C=O) groups excluding carboxylic acids is 1. The molecular weight excluding hydrogens is 486 g/mol. The number of hydrogen-bond acceptors (Lipinski definition) is 4. The van der Waals surface area contributed by atoms with Crippen LogP contribution < -0.4 is 0 Å². The minimum Gasteiger partial charge on any atom is -0.466 e. The molecule has 0 spiro atoms. The molecule has 1 rings (SSSR count). The molecule has 0 radical (unpaired) electrons. The highest BCUT2D eigenvalue weighted by Gasteiger charge is 2.18. The lowest BCUT2D eigenvalue weighted by molar-refractivity contribution is -0.143. The van der Waals surface area contributed by atoms with Crippen LogP contribution in [0, 0.1) is 18.3 Å². The van der Waals surface area contributed by atoms with Gasteiger partial charge >= 0.3 is 5.97 Å². The lowest BCUT2D eigenvalue weighted by atomic mass is 9.87. The highest BCUT2D eigenvalue weighted by atomic mass is 127. The molecule has 0 saturated carbocycles. The molecule has 28 heavy (non-hydrogen) atoms. The Kier molecular flexibility index (Phi) is 15.5. The van der Waals surface area contributed by atoms with E-state index in [0.717, 1.165) is 19.3 Å². The maximum Gasteiger partial charge on any atom is 0.306 e. The van der Waals surface area contributed by atoms with Crippen molar-refractivity contribution in [2.45, 2.75) is 73.3 Å². The Bertz CT molecular complexity index is 549. The SMILES string of the molecule is CCOC(=O)CC(C)C.Cc1cccc(C(CCCC(C)(C)CO)OPI)c1. The number of aliphatic hydroxyl groups is 1. The van der Waals surface area contributed by atoms with Gasteiger partial charge in [0.25, 0.3) is 0 Å². The second kappa shape index (κ2) is 15.6. The Morgan fingerprint density at radius 2 is 2.00 bits per heavy atom. The first-order chi connectivity index (χ1) is 13.1. The van der Waals surface area contributed by atoms with Crippen LogP contribution in [0.15, 0.2) is 24.3 Å². The molecule has 0 saturated heterocycles. The molecule has 0 bridgehead atoms. The maximum absolute atomic E-state index is 10.6. The normalized spacial score (nSPS) is 12.8. The maximum atomic E-state index is 10.6. The summed E-state index contributed by atoms with van der Waals surface area (Å²) in [5, 5.41) is 9.28. The Morgan fingerprint density at radius 1 is 1.32 bits per heavy atom. The van der Waals surface area contributed by atoms with Crippen molar-refractivity contribution < 1.29 is 19.2 Å². The fourth-order valence-corrected chi connectivity index (χ4v) is 3.90. The summed E-state index contributed by atoms with van der Waals surface area (Å²) >= 11 is 2.28. The molecule has 1 N–H and O–H groups in total. The molecule has 0 heterocycles. The van der Waals surface area contributed by atoms with Crippen LogP contribution in [0.4, 0.5) is 0 Å². The Hall–Kier alpha value is -0.230. The van der Waals surface area contributed by atoms with E-state index in [1.165, 1.54) is 11.1 Å². The summed E-state index contributed by atoms with van der Waals surface area (Å²) < 4.78 is 10.6. The molecule has 1 aromatic rings. The van der Waals surface area contributed by atoms with E-state index < -0.39 is 0 Å². The molecule has 1 aromatic carbocycles. The van der Waals surface area contributed by atoms with Crippen LogP contribution in [-0.4, -0.2) is 24.3 Å². The first kappa shape index (κ1) is 27.8. The minimum absolute atomic E-state index is 0.0176. The van der Waals surface area contributed by atoms with Gasteiger partial charge in [0, 0.05) is 13.0 Å². The second-order valence-electron chi connectivity index (χ2n) is 8.22. The van der Waals surface area contributed by atoms with Crippen molar-refractivity contribution in [1.29, 1.82) is 0 Å². The van der Waals surface area contributed by atoms with Gasteiger partial charge in [0.1, 0.15) is 0 Å². The number of benzene rings is 1. The van der Waals surface area contributed by atoms with Gasteiger partial charge < -0.3 is 14.4 Å². The van der Waals surface area contributed by atoms with Gasteiger partial charge in [-0.15, -0.1) is 0 Å². The number of halogens is 1. The molecule has 0 aliphatic carbocycles. The topological polar surface area (TPSA) is 55.8 Å². The van der Waals surface area contributed by atoms with Crippen LogP contribution in [0.25, 0.3) is 0 Å². The molecule has 0 amide bonds. The van der Waals surface area contributed by atoms with E-state index in [9.17, 15) is 9.90 Å². The summed E-state index contributed by atoms with van der Waals surface area (Å²) in [4.78, 5) is 10.6. The van der Waals surface area contributed by atoms with Gasteiger partial charge in [-0.1, -0.05) is 57.5 Å². The Morgan fingerprint density at radius 3 is 2.50 bits per heavy atom. The zero-order valence-electron chi connectivity index (χ0n) is 18.3.